The third kappa shape index (κ3) is 3.15. The molecule has 3 N–H and O–H groups in total. The Bertz CT molecular complexity index is 453. The van der Waals surface area contributed by atoms with Crippen LogP contribution in [0.4, 0.5) is 0 Å². The summed E-state index contributed by atoms with van der Waals surface area (Å²) < 4.78 is 21.3. The minimum atomic E-state index is 0.0288. The molecule has 0 radical (unpaired) electrons. The van der Waals surface area contributed by atoms with E-state index in [1.165, 1.54) is 0 Å². The van der Waals surface area contributed by atoms with E-state index >= 15 is 0 Å². The average molecular weight is 282 g/mol. The summed E-state index contributed by atoms with van der Waals surface area (Å²) in [7, 11) is 4.85. The first-order chi connectivity index (χ1) is 9.69. The van der Waals surface area contributed by atoms with Crippen molar-refractivity contribution in [2.24, 2.45) is 5.73 Å². The first kappa shape index (κ1) is 14.9. The second-order valence-electron chi connectivity index (χ2n) is 4.71. The predicted molar refractivity (Wildman–Crippen MR) is 75.5 cm³/mol. The maximum Gasteiger partial charge on any atom is 0.164 e. The van der Waals surface area contributed by atoms with Crippen LogP contribution in [0.15, 0.2) is 12.1 Å². The summed E-state index contributed by atoms with van der Waals surface area (Å²) in [6.07, 6.45) is 0. The molecule has 112 valence electrons. The smallest absolute Gasteiger partial charge is 0.164 e. The molecule has 2 atom stereocenters. The molecule has 1 saturated heterocycles. The molecule has 1 aromatic rings. The third-order valence-electron chi connectivity index (χ3n) is 3.47. The number of hydrogen-bond acceptors (Lipinski definition) is 6. The highest BCUT2D eigenvalue weighted by Gasteiger charge is 2.24. The fourth-order valence-electron chi connectivity index (χ4n) is 2.25. The lowest BCUT2D eigenvalue weighted by Gasteiger charge is -2.18. The Morgan fingerprint density at radius 2 is 1.75 bits per heavy atom. The van der Waals surface area contributed by atoms with Gasteiger partial charge in [-0.15, -0.1) is 0 Å². The number of methoxy groups -OCH3 is 3. The van der Waals surface area contributed by atoms with Crippen LogP contribution in [-0.2, 0) is 11.3 Å². The Kier molecular flexibility index (Phi) is 5.05. The number of rotatable bonds is 6. The van der Waals surface area contributed by atoms with Gasteiger partial charge in [0, 0.05) is 30.3 Å². The van der Waals surface area contributed by atoms with E-state index in [-0.39, 0.29) is 12.1 Å². The van der Waals surface area contributed by atoms with Crippen LogP contribution in [-0.4, -0.2) is 46.6 Å². The summed E-state index contributed by atoms with van der Waals surface area (Å²) >= 11 is 0. The molecule has 6 heteroatoms. The maximum atomic E-state index is 5.95. The highest BCUT2D eigenvalue weighted by atomic mass is 16.5. The average Bonchev–Trinajstić information content (AvgIpc) is 2.89. The van der Waals surface area contributed by atoms with Crippen molar-refractivity contribution in [2.45, 2.75) is 18.6 Å². The minimum absolute atomic E-state index is 0.0288. The minimum Gasteiger partial charge on any atom is -0.496 e. The molecule has 1 aliphatic rings. The quantitative estimate of drug-likeness (QED) is 0.792. The number of benzene rings is 1. The molecular formula is C14H22N2O4. The second-order valence-corrected chi connectivity index (χ2v) is 4.71. The second kappa shape index (κ2) is 6.78. The molecule has 0 spiro atoms. The van der Waals surface area contributed by atoms with E-state index in [2.05, 4.69) is 5.32 Å². The first-order valence-corrected chi connectivity index (χ1v) is 6.55. The van der Waals surface area contributed by atoms with Crippen LogP contribution in [0.25, 0.3) is 0 Å². The summed E-state index contributed by atoms with van der Waals surface area (Å²) in [6, 6.07) is 3.92. The molecule has 1 unspecified atom stereocenters. The molecule has 2 rings (SSSR count). The molecule has 0 aliphatic carbocycles. The maximum absolute atomic E-state index is 5.95. The van der Waals surface area contributed by atoms with Gasteiger partial charge in [0.2, 0.25) is 0 Å². The van der Waals surface area contributed by atoms with Gasteiger partial charge in [0.05, 0.1) is 34.5 Å². The van der Waals surface area contributed by atoms with Crippen LogP contribution in [0.1, 0.15) is 5.56 Å². The van der Waals surface area contributed by atoms with Crippen molar-refractivity contribution in [3.05, 3.63) is 17.7 Å². The number of hydrogen-bond donors (Lipinski definition) is 2. The van der Waals surface area contributed by atoms with Gasteiger partial charge < -0.3 is 30.0 Å². The molecule has 0 amide bonds. The molecule has 1 fully saturated rings. The highest BCUT2D eigenvalue weighted by Crippen LogP contribution is 2.34. The topological polar surface area (TPSA) is 75.0 Å². The van der Waals surface area contributed by atoms with Crippen molar-refractivity contribution in [2.75, 3.05) is 34.5 Å². The largest absolute Gasteiger partial charge is 0.496 e. The van der Waals surface area contributed by atoms with Crippen LogP contribution >= 0.6 is 0 Å². The van der Waals surface area contributed by atoms with E-state index in [4.69, 9.17) is 24.7 Å². The molecule has 20 heavy (non-hydrogen) atoms. The summed E-state index contributed by atoms with van der Waals surface area (Å²) in [4.78, 5) is 0. The van der Waals surface area contributed by atoms with Crippen LogP contribution in [0.5, 0.6) is 17.2 Å². The molecular weight excluding hydrogens is 260 g/mol. The molecule has 1 aliphatic heterocycles. The number of ether oxygens (including phenoxy) is 4. The fourth-order valence-corrected chi connectivity index (χ4v) is 2.25. The highest BCUT2D eigenvalue weighted by molar-refractivity contribution is 5.50. The van der Waals surface area contributed by atoms with Crippen LogP contribution in [0.2, 0.25) is 0 Å². The van der Waals surface area contributed by atoms with Gasteiger partial charge in [-0.3, -0.25) is 0 Å². The summed E-state index contributed by atoms with van der Waals surface area (Å²) in [5.74, 6) is 2.08. The van der Waals surface area contributed by atoms with E-state index in [0.717, 1.165) is 11.3 Å². The van der Waals surface area contributed by atoms with Gasteiger partial charge in [0.1, 0.15) is 5.75 Å². The summed E-state index contributed by atoms with van der Waals surface area (Å²) in [5.41, 5.74) is 6.94. The van der Waals surface area contributed by atoms with Crippen molar-refractivity contribution in [1.29, 1.82) is 0 Å². The summed E-state index contributed by atoms with van der Waals surface area (Å²) in [6.45, 7) is 1.86. The Morgan fingerprint density at radius 3 is 2.30 bits per heavy atom. The zero-order valence-corrected chi connectivity index (χ0v) is 12.1. The van der Waals surface area contributed by atoms with Crippen molar-refractivity contribution < 1.29 is 18.9 Å². The molecule has 0 bridgehead atoms. The van der Waals surface area contributed by atoms with Crippen molar-refractivity contribution >= 4 is 0 Å². The molecule has 1 aromatic carbocycles. The van der Waals surface area contributed by atoms with E-state index in [0.29, 0.717) is 31.3 Å². The van der Waals surface area contributed by atoms with E-state index in [1.807, 2.05) is 12.1 Å². The van der Waals surface area contributed by atoms with Gasteiger partial charge in [-0.25, -0.2) is 0 Å². The SMILES string of the molecule is COc1cc(OC)c(OC)cc1CNC1COC[C@@H]1N. The molecule has 1 heterocycles. The van der Waals surface area contributed by atoms with Gasteiger partial charge in [0.25, 0.3) is 0 Å². The molecule has 0 aromatic heterocycles. The van der Waals surface area contributed by atoms with E-state index < -0.39 is 0 Å². The van der Waals surface area contributed by atoms with Crippen molar-refractivity contribution in [3.63, 3.8) is 0 Å². The normalized spacial score (nSPS) is 21.8. The molecule has 6 nitrogen and oxygen atoms in total. The van der Waals surface area contributed by atoms with Crippen LogP contribution in [0, 0.1) is 0 Å². The lowest BCUT2D eigenvalue weighted by molar-refractivity contribution is 0.187. The van der Waals surface area contributed by atoms with Gasteiger partial charge in [-0.2, -0.15) is 0 Å². The Morgan fingerprint density at radius 1 is 1.10 bits per heavy atom. The zero-order chi connectivity index (χ0) is 14.5. The Hall–Kier alpha value is -1.50. The zero-order valence-electron chi connectivity index (χ0n) is 12.1. The van der Waals surface area contributed by atoms with Crippen molar-refractivity contribution in [1.82, 2.24) is 5.32 Å². The monoisotopic (exact) mass is 282 g/mol. The Balaban J connectivity index is 2.13. The lowest BCUT2D eigenvalue weighted by Crippen LogP contribution is -2.43. The van der Waals surface area contributed by atoms with Crippen molar-refractivity contribution in [3.8, 4) is 17.2 Å². The van der Waals surface area contributed by atoms with Gasteiger partial charge in [-0.1, -0.05) is 0 Å². The predicted octanol–water partition coefficient (Wildman–Crippen LogP) is 0.528. The van der Waals surface area contributed by atoms with E-state index in [9.17, 15) is 0 Å². The standard InChI is InChI=1S/C14H22N2O4/c1-17-12-5-14(19-3)13(18-2)4-9(12)6-16-11-8-20-7-10(11)15/h4-5,10-11,16H,6-8,15H2,1-3H3/t10-,11?/m0/s1. The van der Waals surface area contributed by atoms with Gasteiger partial charge in [0.15, 0.2) is 11.5 Å². The molecule has 0 saturated carbocycles. The Labute approximate surface area is 119 Å². The van der Waals surface area contributed by atoms with Gasteiger partial charge in [-0.05, 0) is 6.07 Å². The third-order valence-corrected chi connectivity index (χ3v) is 3.47. The van der Waals surface area contributed by atoms with E-state index in [1.54, 1.807) is 21.3 Å². The number of nitrogens with one attached hydrogen (secondary N) is 1. The fraction of sp³-hybridized carbons (Fsp3) is 0.571. The van der Waals surface area contributed by atoms with Gasteiger partial charge >= 0.3 is 0 Å². The lowest BCUT2D eigenvalue weighted by atomic mass is 10.1. The number of nitrogens with two attached hydrogens (primary N) is 1. The first-order valence-electron chi connectivity index (χ1n) is 6.55. The van der Waals surface area contributed by atoms with Crippen LogP contribution in [0.3, 0.4) is 0 Å². The van der Waals surface area contributed by atoms with Crippen LogP contribution < -0.4 is 25.3 Å². The summed E-state index contributed by atoms with van der Waals surface area (Å²) in [5, 5.41) is 3.38.